The van der Waals surface area contributed by atoms with Crippen molar-refractivity contribution in [1.82, 2.24) is 9.55 Å². The SMILES string of the molecule is CC(C(=O)O)n1c(-c2ccccc2)nc2sc3c(c2c1=O)CCCC3. The van der Waals surface area contributed by atoms with Gasteiger partial charge in [-0.2, -0.15) is 0 Å². The molecule has 6 heteroatoms. The number of carboxylic acid groups (broad SMARTS) is 1. The number of carboxylic acids is 1. The fourth-order valence-corrected chi connectivity index (χ4v) is 4.73. The molecule has 0 radical (unpaired) electrons. The smallest absolute Gasteiger partial charge is 0.326 e. The van der Waals surface area contributed by atoms with Crippen LogP contribution in [0.4, 0.5) is 0 Å². The third-order valence-corrected chi connectivity index (χ3v) is 5.98. The van der Waals surface area contributed by atoms with Gasteiger partial charge in [0.25, 0.3) is 5.56 Å². The molecule has 1 N–H and O–H groups in total. The van der Waals surface area contributed by atoms with Crippen LogP contribution in [0.1, 0.15) is 36.2 Å². The van der Waals surface area contributed by atoms with Crippen molar-refractivity contribution in [3.05, 3.63) is 51.1 Å². The number of aliphatic carboxylic acids is 1. The topological polar surface area (TPSA) is 72.2 Å². The highest BCUT2D eigenvalue weighted by molar-refractivity contribution is 7.18. The summed E-state index contributed by atoms with van der Waals surface area (Å²) in [7, 11) is 0. The molecule has 1 aromatic carbocycles. The zero-order valence-electron chi connectivity index (χ0n) is 13.9. The lowest BCUT2D eigenvalue weighted by molar-refractivity contribution is -0.140. The van der Waals surface area contributed by atoms with E-state index < -0.39 is 12.0 Å². The summed E-state index contributed by atoms with van der Waals surface area (Å²) in [6.07, 6.45) is 4.04. The predicted octanol–water partition coefficient (Wildman–Crippen LogP) is 3.65. The van der Waals surface area contributed by atoms with Crippen molar-refractivity contribution in [2.24, 2.45) is 0 Å². The molecule has 2 aromatic heterocycles. The molecular weight excluding hydrogens is 336 g/mol. The van der Waals surface area contributed by atoms with Crippen molar-refractivity contribution < 1.29 is 9.90 Å². The maximum atomic E-state index is 13.3. The lowest BCUT2D eigenvalue weighted by atomic mass is 9.97. The van der Waals surface area contributed by atoms with Crippen LogP contribution in [0.5, 0.6) is 0 Å². The van der Waals surface area contributed by atoms with Gasteiger partial charge >= 0.3 is 5.97 Å². The summed E-state index contributed by atoms with van der Waals surface area (Å²) < 4.78 is 1.33. The third-order valence-electron chi connectivity index (χ3n) is 4.80. The summed E-state index contributed by atoms with van der Waals surface area (Å²) in [5.74, 6) is -0.615. The molecule has 0 spiro atoms. The van der Waals surface area contributed by atoms with Crippen LogP contribution >= 0.6 is 11.3 Å². The molecule has 4 rings (SSSR count). The molecule has 1 aliphatic carbocycles. The second-order valence-electron chi connectivity index (χ2n) is 6.38. The summed E-state index contributed by atoms with van der Waals surface area (Å²) in [6.45, 7) is 1.53. The summed E-state index contributed by atoms with van der Waals surface area (Å²) in [5, 5.41) is 10.1. The number of aryl methyl sites for hydroxylation is 2. The largest absolute Gasteiger partial charge is 0.480 e. The van der Waals surface area contributed by atoms with Gasteiger partial charge in [0.15, 0.2) is 0 Å². The Kier molecular flexibility index (Phi) is 3.92. The Hall–Kier alpha value is -2.47. The maximum Gasteiger partial charge on any atom is 0.326 e. The van der Waals surface area contributed by atoms with Gasteiger partial charge in [-0.3, -0.25) is 9.36 Å². The molecule has 25 heavy (non-hydrogen) atoms. The summed E-state index contributed by atoms with van der Waals surface area (Å²) in [5.41, 5.74) is 1.59. The van der Waals surface area contributed by atoms with Crippen molar-refractivity contribution in [1.29, 1.82) is 0 Å². The van der Waals surface area contributed by atoms with Crippen LogP contribution < -0.4 is 5.56 Å². The van der Waals surface area contributed by atoms with E-state index in [-0.39, 0.29) is 5.56 Å². The molecule has 1 unspecified atom stereocenters. The van der Waals surface area contributed by atoms with Gasteiger partial charge in [0.05, 0.1) is 5.39 Å². The molecule has 2 heterocycles. The molecule has 0 saturated heterocycles. The molecular formula is C19H18N2O3S. The number of aromatic nitrogens is 2. The van der Waals surface area contributed by atoms with Gasteiger partial charge in [-0.05, 0) is 38.2 Å². The first kappa shape index (κ1) is 16.0. The molecule has 0 saturated carbocycles. The second kappa shape index (κ2) is 6.11. The first-order valence-corrected chi connectivity index (χ1v) is 9.24. The lowest BCUT2D eigenvalue weighted by Gasteiger charge is -2.17. The van der Waals surface area contributed by atoms with Crippen LogP contribution in [0.25, 0.3) is 21.6 Å². The highest BCUT2D eigenvalue weighted by atomic mass is 32.1. The predicted molar refractivity (Wildman–Crippen MR) is 98.3 cm³/mol. The average Bonchev–Trinajstić information content (AvgIpc) is 3.00. The van der Waals surface area contributed by atoms with Gasteiger partial charge in [-0.15, -0.1) is 11.3 Å². The number of benzene rings is 1. The van der Waals surface area contributed by atoms with Crippen LogP contribution in [-0.2, 0) is 17.6 Å². The molecule has 5 nitrogen and oxygen atoms in total. The highest BCUT2D eigenvalue weighted by Crippen LogP contribution is 2.35. The van der Waals surface area contributed by atoms with E-state index in [1.165, 1.54) is 16.4 Å². The molecule has 0 aliphatic heterocycles. The molecule has 1 aliphatic rings. The minimum atomic E-state index is -1.04. The van der Waals surface area contributed by atoms with E-state index >= 15 is 0 Å². The Morgan fingerprint density at radius 2 is 1.96 bits per heavy atom. The Balaban J connectivity index is 2.08. The quantitative estimate of drug-likeness (QED) is 0.779. The van der Waals surface area contributed by atoms with E-state index in [9.17, 15) is 14.7 Å². The van der Waals surface area contributed by atoms with Crippen LogP contribution in [0, 0.1) is 0 Å². The first-order valence-electron chi connectivity index (χ1n) is 8.43. The number of hydrogen-bond acceptors (Lipinski definition) is 4. The van der Waals surface area contributed by atoms with E-state index in [4.69, 9.17) is 4.98 Å². The number of nitrogens with zero attached hydrogens (tertiary/aromatic N) is 2. The van der Waals surface area contributed by atoms with Crippen LogP contribution in [0.2, 0.25) is 0 Å². The number of thiophene rings is 1. The number of carbonyl (C=O) groups is 1. The Labute approximate surface area is 148 Å². The fraction of sp³-hybridized carbons (Fsp3) is 0.316. The van der Waals surface area contributed by atoms with E-state index in [2.05, 4.69) is 0 Å². The van der Waals surface area contributed by atoms with E-state index in [0.29, 0.717) is 11.2 Å². The highest BCUT2D eigenvalue weighted by Gasteiger charge is 2.26. The Morgan fingerprint density at radius 3 is 2.68 bits per heavy atom. The Bertz CT molecular complexity index is 1020. The van der Waals surface area contributed by atoms with Gasteiger partial charge in [-0.25, -0.2) is 9.78 Å². The first-order chi connectivity index (χ1) is 12.1. The molecule has 128 valence electrons. The van der Waals surface area contributed by atoms with Crippen LogP contribution in [-0.4, -0.2) is 20.6 Å². The van der Waals surface area contributed by atoms with Crippen LogP contribution in [0.3, 0.4) is 0 Å². The average molecular weight is 354 g/mol. The normalized spacial score (nSPS) is 15.1. The van der Waals surface area contributed by atoms with Gasteiger partial charge in [0.2, 0.25) is 0 Å². The van der Waals surface area contributed by atoms with Crippen molar-refractivity contribution in [3.8, 4) is 11.4 Å². The fourth-order valence-electron chi connectivity index (χ4n) is 3.48. The summed E-state index contributed by atoms with van der Waals surface area (Å²) in [6, 6.07) is 8.34. The summed E-state index contributed by atoms with van der Waals surface area (Å²) >= 11 is 1.58. The molecule has 0 fully saturated rings. The number of rotatable bonds is 3. The van der Waals surface area contributed by atoms with E-state index in [1.807, 2.05) is 30.3 Å². The second-order valence-corrected chi connectivity index (χ2v) is 7.47. The van der Waals surface area contributed by atoms with Crippen molar-refractivity contribution in [2.45, 2.75) is 38.6 Å². The molecule has 3 aromatic rings. The standard InChI is InChI=1S/C19H18N2O3S/c1-11(19(23)24)21-16(12-7-3-2-4-8-12)20-17-15(18(21)22)13-9-5-6-10-14(13)25-17/h2-4,7-8,11H,5-6,9-10H2,1H3,(H,23,24). The van der Waals surface area contributed by atoms with Crippen molar-refractivity contribution in [3.63, 3.8) is 0 Å². The van der Waals surface area contributed by atoms with E-state index in [1.54, 1.807) is 11.3 Å². The monoisotopic (exact) mass is 354 g/mol. The van der Waals surface area contributed by atoms with Crippen molar-refractivity contribution in [2.75, 3.05) is 0 Å². The number of hydrogen-bond donors (Lipinski definition) is 1. The summed E-state index contributed by atoms with van der Waals surface area (Å²) in [4.78, 5) is 31.6. The molecule has 1 atom stereocenters. The lowest BCUT2D eigenvalue weighted by Crippen LogP contribution is -2.30. The van der Waals surface area contributed by atoms with Crippen molar-refractivity contribution >= 4 is 27.5 Å². The van der Waals surface area contributed by atoms with Gasteiger partial charge in [0, 0.05) is 10.4 Å². The zero-order chi connectivity index (χ0) is 17.6. The zero-order valence-corrected chi connectivity index (χ0v) is 14.7. The number of fused-ring (bicyclic) bond motifs is 3. The molecule has 0 bridgehead atoms. The minimum Gasteiger partial charge on any atom is -0.480 e. The van der Waals surface area contributed by atoms with Crippen LogP contribution in [0.15, 0.2) is 35.1 Å². The third kappa shape index (κ3) is 2.57. The van der Waals surface area contributed by atoms with Gasteiger partial charge < -0.3 is 5.11 Å². The minimum absolute atomic E-state index is 0.238. The van der Waals surface area contributed by atoms with Gasteiger partial charge in [0.1, 0.15) is 16.7 Å². The van der Waals surface area contributed by atoms with E-state index in [0.717, 1.165) is 41.6 Å². The van der Waals surface area contributed by atoms with Gasteiger partial charge in [-0.1, -0.05) is 30.3 Å². The Morgan fingerprint density at radius 1 is 1.24 bits per heavy atom. The molecule has 0 amide bonds. The maximum absolute atomic E-state index is 13.3.